The van der Waals surface area contributed by atoms with Crippen LogP contribution in [0.4, 0.5) is 10.1 Å². The van der Waals surface area contributed by atoms with Gasteiger partial charge in [-0.2, -0.15) is 9.49 Å². The molecule has 5 aromatic heterocycles. The van der Waals surface area contributed by atoms with E-state index >= 15 is 0 Å². The van der Waals surface area contributed by atoms with E-state index in [9.17, 15) is 9.18 Å². The number of hydrogen-bond acceptors (Lipinski definition) is 5. The molecule has 1 saturated carbocycles. The first kappa shape index (κ1) is 24.7. The molecule has 1 aliphatic carbocycles. The normalized spacial score (nSPS) is 14.2. The number of carbonyl (C=O) groups is 1. The van der Waals surface area contributed by atoms with E-state index in [-0.39, 0.29) is 11.0 Å². The van der Waals surface area contributed by atoms with Crippen LogP contribution in [0.2, 0.25) is 0 Å². The zero-order valence-electron chi connectivity index (χ0n) is 21.7. The maximum absolute atomic E-state index is 13.7. The Balaban J connectivity index is 1.19. The average Bonchev–Trinajstić information content (AvgIpc) is 3.71. The van der Waals surface area contributed by atoms with Crippen molar-refractivity contribution in [2.75, 3.05) is 5.32 Å². The highest BCUT2D eigenvalue weighted by Gasteiger charge is 2.18. The SMILES string of the molecule is O=C(CC1CCCCC1)Nc1cncc(-c2ccc3[nH]nc(-c4cc5c(-c6ccc(F)s6)ccnc5[nH]4)c3c2)c1. The zero-order chi connectivity index (χ0) is 27.1. The lowest BCUT2D eigenvalue weighted by molar-refractivity contribution is -0.117. The highest BCUT2D eigenvalue weighted by atomic mass is 32.1. The van der Waals surface area contributed by atoms with Gasteiger partial charge in [0.2, 0.25) is 5.91 Å². The van der Waals surface area contributed by atoms with Gasteiger partial charge < -0.3 is 10.3 Å². The van der Waals surface area contributed by atoms with Gasteiger partial charge in [0.15, 0.2) is 5.13 Å². The zero-order valence-corrected chi connectivity index (χ0v) is 22.5. The van der Waals surface area contributed by atoms with Gasteiger partial charge in [-0.05, 0) is 66.8 Å². The quantitative estimate of drug-likeness (QED) is 0.196. The van der Waals surface area contributed by atoms with Crippen LogP contribution in [-0.2, 0) is 4.79 Å². The minimum atomic E-state index is -0.219. The van der Waals surface area contributed by atoms with Gasteiger partial charge in [-0.1, -0.05) is 25.3 Å². The summed E-state index contributed by atoms with van der Waals surface area (Å²) in [6.07, 6.45) is 11.8. The minimum absolute atomic E-state index is 0.0514. The number of carbonyl (C=O) groups excluding carboxylic acids is 1. The molecule has 0 radical (unpaired) electrons. The predicted octanol–water partition coefficient (Wildman–Crippen LogP) is 7.94. The summed E-state index contributed by atoms with van der Waals surface area (Å²) >= 11 is 1.12. The van der Waals surface area contributed by atoms with Crippen molar-refractivity contribution in [1.82, 2.24) is 25.1 Å². The molecule has 1 fully saturated rings. The largest absolute Gasteiger partial charge is 0.338 e. The Bertz CT molecular complexity index is 1850. The van der Waals surface area contributed by atoms with Crippen molar-refractivity contribution < 1.29 is 9.18 Å². The number of aromatic amines is 2. The third-order valence-corrected chi connectivity index (χ3v) is 8.65. The summed E-state index contributed by atoms with van der Waals surface area (Å²) in [6, 6.07) is 15.2. The molecule has 1 aliphatic rings. The molecule has 9 heteroatoms. The first-order valence-corrected chi connectivity index (χ1v) is 14.4. The van der Waals surface area contributed by atoms with Crippen molar-refractivity contribution in [2.45, 2.75) is 38.5 Å². The van der Waals surface area contributed by atoms with Crippen molar-refractivity contribution in [1.29, 1.82) is 0 Å². The predicted molar refractivity (Wildman–Crippen MR) is 158 cm³/mol. The lowest BCUT2D eigenvalue weighted by Crippen LogP contribution is -2.18. The number of pyridine rings is 2. The van der Waals surface area contributed by atoms with Crippen LogP contribution in [-0.4, -0.2) is 31.1 Å². The number of thiophene rings is 1. The molecule has 200 valence electrons. The lowest BCUT2D eigenvalue weighted by Gasteiger charge is -2.20. The second-order valence-corrected chi connectivity index (χ2v) is 11.5. The van der Waals surface area contributed by atoms with Gasteiger partial charge in [-0.15, -0.1) is 11.3 Å². The van der Waals surface area contributed by atoms with E-state index in [1.54, 1.807) is 24.7 Å². The number of anilines is 1. The smallest absolute Gasteiger partial charge is 0.224 e. The highest BCUT2D eigenvalue weighted by molar-refractivity contribution is 7.14. The summed E-state index contributed by atoms with van der Waals surface area (Å²) < 4.78 is 13.7. The number of nitrogens with one attached hydrogen (secondary N) is 3. The molecule has 0 spiro atoms. The monoisotopic (exact) mass is 550 g/mol. The fourth-order valence-electron chi connectivity index (χ4n) is 5.76. The number of hydrogen-bond donors (Lipinski definition) is 3. The molecule has 7 rings (SSSR count). The first-order chi connectivity index (χ1) is 19.6. The van der Waals surface area contributed by atoms with E-state index in [2.05, 4.69) is 36.5 Å². The summed E-state index contributed by atoms with van der Waals surface area (Å²) in [6.45, 7) is 0. The summed E-state index contributed by atoms with van der Waals surface area (Å²) in [5.41, 5.74) is 6.70. The molecular weight excluding hydrogens is 523 g/mol. The molecular formula is C31H27FN6OS. The van der Waals surface area contributed by atoms with Gasteiger partial charge >= 0.3 is 0 Å². The molecule has 0 atom stereocenters. The lowest BCUT2D eigenvalue weighted by atomic mass is 9.87. The molecule has 0 saturated heterocycles. The Morgan fingerprint density at radius 2 is 1.90 bits per heavy atom. The van der Waals surface area contributed by atoms with Crippen molar-refractivity contribution in [3.05, 3.63) is 72.3 Å². The molecule has 40 heavy (non-hydrogen) atoms. The molecule has 1 aromatic carbocycles. The van der Waals surface area contributed by atoms with Crippen LogP contribution in [0.5, 0.6) is 0 Å². The van der Waals surface area contributed by atoms with Crippen molar-refractivity contribution in [2.24, 2.45) is 5.92 Å². The number of benzene rings is 1. The van der Waals surface area contributed by atoms with Gasteiger partial charge in [0.25, 0.3) is 0 Å². The van der Waals surface area contributed by atoms with Crippen molar-refractivity contribution in [3.63, 3.8) is 0 Å². The van der Waals surface area contributed by atoms with Gasteiger partial charge in [0.05, 0.1) is 23.1 Å². The summed E-state index contributed by atoms with van der Waals surface area (Å²) in [5.74, 6) is 0.532. The number of halogens is 1. The van der Waals surface area contributed by atoms with Crippen LogP contribution in [0.3, 0.4) is 0 Å². The third kappa shape index (κ3) is 4.77. The van der Waals surface area contributed by atoms with E-state index in [1.165, 1.54) is 25.3 Å². The summed E-state index contributed by atoms with van der Waals surface area (Å²) in [7, 11) is 0. The maximum Gasteiger partial charge on any atom is 0.224 e. The second kappa shape index (κ2) is 10.3. The number of nitrogens with zero attached hydrogens (tertiary/aromatic N) is 3. The minimum Gasteiger partial charge on any atom is -0.338 e. The molecule has 0 aliphatic heterocycles. The van der Waals surface area contributed by atoms with E-state index in [0.717, 1.165) is 79.1 Å². The topological polar surface area (TPSA) is 99.3 Å². The molecule has 1 amide bonds. The molecule has 7 nitrogen and oxygen atoms in total. The van der Waals surface area contributed by atoms with Crippen molar-refractivity contribution >= 4 is 44.9 Å². The standard InChI is InChI=1S/C31H27FN6OS/c32-28-9-8-27(40-28)22-10-11-34-31-23(22)15-26(36-31)30-24-14-19(6-7-25(24)37-38-30)20-13-21(17-33-16-20)35-29(39)12-18-4-2-1-3-5-18/h6-11,13-18H,1-5,12H2,(H,34,36)(H,35,39)(H,37,38). The van der Waals surface area contributed by atoms with Crippen LogP contribution in [0.15, 0.2) is 67.1 Å². The molecule has 5 heterocycles. The molecule has 0 bridgehead atoms. The van der Waals surface area contributed by atoms with Crippen LogP contribution >= 0.6 is 11.3 Å². The Hall–Kier alpha value is -4.37. The van der Waals surface area contributed by atoms with Gasteiger partial charge in [0, 0.05) is 45.6 Å². The Kier molecular flexibility index (Phi) is 6.36. The number of amides is 1. The van der Waals surface area contributed by atoms with Crippen LogP contribution in [0.1, 0.15) is 38.5 Å². The maximum atomic E-state index is 13.7. The van der Waals surface area contributed by atoms with Crippen LogP contribution in [0, 0.1) is 11.0 Å². The highest BCUT2D eigenvalue weighted by Crippen LogP contribution is 2.36. The van der Waals surface area contributed by atoms with Gasteiger partial charge in [0.1, 0.15) is 11.3 Å². The fraction of sp³-hybridized carbons (Fsp3) is 0.226. The van der Waals surface area contributed by atoms with Crippen molar-refractivity contribution in [3.8, 4) is 33.0 Å². The van der Waals surface area contributed by atoms with E-state index < -0.39 is 0 Å². The number of fused-ring (bicyclic) bond motifs is 2. The summed E-state index contributed by atoms with van der Waals surface area (Å²) in [4.78, 5) is 25.8. The van der Waals surface area contributed by atoms with Crippen LogP contribution < -0.4 is 5.32 Å². The molecule has 0 unspecified atom stereocenters. The second-order valence-electron chi connectivity index (χ2n) is 10.5. The van der Waals surface area contributed by atoms with Gasteiger partial charge in [-0.25, -0.2) is 4.98 Å². The van der Waals surface area contributed by atoms with E-state index in [1.807, 2.05) is 30.3 Å². The van der Waals surface area contributed by atoms with E-state index in [4.69, 9.17) is 0 Å². The van der Waals surface area contributed by atoms with Gasteiger partial charge in [-0.3, -0.25) is 14.9 Å². The fourth-order valence-corrected chi connectivity index (χ4v) is 6.53. The number of rotatable bonds is 6. The van der Waals surface area contributed by atoms with Crippen LogP contribution in [0.25, 0.3) is 54.9 Å². The third-order valence-electron chi connectivity index (χ3n) is 7.74. The molecule has 6 aromatic rings. The average molecular weight is 551 g/mol. The number of H-pyrrole nitrogens is 2. The summed E-state index contributed by atoms with van der Waals surface area (Å²) in [5, 5.41) is 12.4. The first-order valence-electron chi connectivity index (χ1n) is 13.6. The number of aromatic nitrogens is 5. The van der Waals surface area contributed by atoms with E-state index in [0.29, 0.717) is 18.0 Å². The Morgan fingerprint density at radius 1 is 1.00 bits per heavy atom. The molecule has 3 N–H and O–H groups in total. The Morgan fingerprint density at radius 3 is 2.75 bits per heavy atom. The Labute approximate surface area is 233 Å².